The van der Waals surface area contributed by atoms with Crippen molar-refractivity contribution in [3.63, 3.8) is 0 Å². The molecule has 3 rings (SSSR count). The number of hydrogen-bond acceptors (Lipinski definition) is 3. The normalized spacial score (nSPS) is 20.6. The molecule has 0 bridgehead atoms. The number of nitrogens with one attached hydrogen (secondary N) is 1. The fraction of sp³-hybridized carbons (Fsp3) is 0.562. The maximum absolute atomic E-state index is 4.74. The van der Waals surface area contributed by atoms with Crippen LogP contribution in [0.15, 0.2) is 24.5 Å². The van der Waals surface area contributed by atoms with Crippen molar-refractivity contribution < 1.29 is 0 Å². The highest BCUT2D eigenvalue weighted by molar-refractivity contribution is 5.41. The number of rotatable bonds is 4. The minimum Gasteiger partial charge on any atom is -0.318 e. The van der Waals surface area contributed by atoms with Gasteiger partial charge in [-0.05, 0) is 45.0 Å². The van der Waals surface area contributed by atoms with Gasteiger partial charge in [-0.1, -0.05) is 12.5 Å². The lowest BCUT2D eigenvalue weighted by atomic mass is 10.0. The number of hydrogen-bond donors (Lipinski definition) is 1. The van der Waals surface area contributed by atoms with E-state index in [2.05, 4.69) is 46.1 Å². The van der Waals surface area contributed by atoms with E-state index in [9.17, 15) is 0 Å². The molecule has 0 amide bonds. The van der Waals surface area contributed by atoms with Crippen LogP contribution in [0.2, 0.25) is 0 Å². The summed E-state index contributed by atoms with van der Waals surface area (Å²) in [7, 11) is 2.04. The van der Waals surface area contributed by atoms with Crippen molar-refractivity contribution in [3.8, 4) is 0 Å². The number of pyridine rings is 1. The molecule has 3 heterocycles. The molecule has 1 aliphatic heterocycles. The van der Waals surface area contributed by atoms with Crippen molar-refractivity contribution in [3.05, 3.63) is 35.8 Å². The average Bonchev–Trinajstić information content (AvgIpc) is 2.82. The number of likely N-dealkylation sites (tertiary alicyclic amines) is 1. The number of imidazole rings is 1. The smallest absolute Gasteiger partial charge is 0.137 e. The van der Waals surface area contributed by atoms with Crippen LogP contribution in [-0.4, -0.2) is 40.5 Å². The Kier molecular flexibility index (Phi) is 4.03. The lowest BCUT2D eigenvalue weighted by molar-refractivity contribution is 0.138. The summed E-state index contributed by atoms with van der Waals surface area (Å²) in [5, 5.41) is 3.32. The van der Waals surface area contributed by atoms with Crippen molar-refractivity contribution in [1.82, 2.24) is 19.6 Å². The van der Waals surface area contributed by atoms with Crippen LogP contribution in [0, 0.1) is 6.92 Å². The summed E-state index contributed by atoms with van der Waals surface area (Å²) >= 11 is 0. The van der Waals surface area contributed by atoms with Crippen molar-refractivity contribution in [2.24, 2.45) is 0 Å². The number of nitrogens with zero attached hydrogens (tertiary/aromatic N) is 3. The highest BCUT2D eigenvalue weighted by Crippen LogP contribution is 2.19. The van der Waals surface area contributed by atoms with Gasteiger partial charge in [-0.2, -0.15) is 0 Å². The summed E-state index contributed by atoms with van der Waals surface area (Å²) in [6.07, 6.45) is 8.29. The Morgan fingerprint density at radius 3 is 3.05 bits per heavy atom. The van der Waals surface area contributed by atoms with E-state index in [1.165, 1.54) is 37.1 Å². The molecule has 1 N–H and O–H groups in total. The monoisotopic (exact) mass is 272 g/mol. The molecule has 2 aromatic rings. The van der Waals surface area contributed by atoms with E-state index in [-0.39, 0.29) is 0 Å². The average molecular weight is 272 g/mol. The van der Waals surface area contributed by atoms with E-state index in [1.54, 1.807) is 0 Å². The zero-order chi connectivity index (χ0) is 13.9. The lowest BCUT2D eigenvalue weighted by Crippen LogP contribution is -2.44. The first kappa shape index (κ1) is 13.6. The highest BCUT2D eigenvalue weighted by Gasteiger charge is 2.22. The Hall–Kier alpha value is -1.39. The summed E-state index contributed by atoms with van der Waals surface area (Å²) < 4.78 is 2.14. The number of likely N-dealkylation sites (N-methyl/N-ethyl adjacent to an activating group) is 1. The van der Waals surface area contributed by atoms with Crippen LogP contribution >= 0.6 is 0 Å². The number of piperidine rings is 1. The first-order valence-corrected chi connectivity index (χ1v) is 7.59. The number of aryl methyl sites for hydroxylation is 1. The van der Waals surface area contributed by atoms with Crippen molar-refractivity contribution in [1.29, 1.82) is 0 Å². The summed E-state index contributed by atoms with van der Waals surface area (Å²) in [5.74, 6) is 0. The molecule has 0 saturated carbocycles. The summed E-state index contributed by atoms with van der Waals surface area (Å²) in [6, 6.07) is 4.87. The second-order valence-electron chi connectivity index (χ2n) is 5.88. The van der Waals surface area contributed by atoms with Gasteiger partial charge >= 0.3 is 0 Å². The topological polar surface area (TPSA) is 32.6 Å². The molecular weight excluding hydrogens is 248 g/mol. The molecule has 4 nitrogen and oxygen atoms in total. The van der Waals surface area contributed by atoms with Gasteiger partial charge in [0.1, 0.15) is 5.65 Å². The highest BCUT2D eigenvalue weighted by atomic mass is 15.2. The largest absolute Gasteiger partial charge is 0.318 e. The molecule has 1 aliphatic rings. The van der Waals surface area contributed by atoms with Crippen LogP contribution < -0.4 is 5.32 Å². The molecule has 1 fully saturated rings. The van der Waals surface area contributed by atoms with E-state index in [0.717, 1.165) is 18.7 Å². The molecule has 4 heteroatoms. The predicted molar refractivity (Wildman–Crippen MR) is 81.9 cm³/mol. The van der Waals surface area contributed by atoms with Crippen molar-refractivity contribution in [2.45, 2.75) is 38.8 Å². The zero-order valence-electron chi connectivity index (χ0n) is 12.5. The van der Waals surface area contributed by atoms with Crippen LogP contribution in [0.1, 0.15) is 30.5 Å². The van der Waals surface area contributed by atoms with Gasteiger partial charge in [0.15, 0.2) is 0 Å². The Morgan fingerprint density at radius 1 is 1.30 bits per heavy atom. The van der Waals surface area contributed by atoms with Gasteiger partial charge in [-0.15, -0.1) is 0 Å². The maximum atomic E-state index is 4.74. The Balaban J connectivity index is 1.77. The van der Waals surface area contributed by atoms with Crippen molar-refractivity contribution >= 4 is 5.65 Å². The first-order chi connectivity index (χ1) is 9.76. The molecule has 108 valence electrons. The first-order valence-electron chi connectivity index (χ1n) is 7.59. The lowest BCUT2D eigenvalue weighted by Gasteiger charge is -2.35. The Labute approximate surface area is 120 Å². The molecule has 1 atom stereocenters. The second-order valence-corrected chi connectivity index (χ2v) is 5.88. The van der Waals surface area contributed by atoms with E-state index < -0.39 is 0 Å². The minimum absolute atomic E-state index is 0.653. The second kappa shape index (κ2) is 5.94. The molecule has 1 saturated heterocycles. The van der Waals surface area contributed by atoms with Gasteiger partial charge in [0.05, 0.1) is 5.69 Å². The molecule has 0 radical (unpaired) electrons. The fourth-order valence-electron chi connectivity index (χ4n) is 3.17. The number of aromatic nitrogens is 2. The van der Waals surface area contributed by atoms with Crippen LogP contribution in [0.5, 0.6) is 0 Å². The quantitative estimate of drug-likeness (QED) is 0.926. The van der Waals surface area contributed by atoms with Gasteiger partial charge < -0.3 is 9.72 Å². The minimum atomic E-state index is 0.653. The summed E-state index contributed by atoms with van der Waals surface area (Å²) in [6.45, 7) is 5.35. The van der Waals surface area contributed by atoms with E-state index >= 15 is 0 Å². The van der Waals surface area contributed by atoms with Crippen molar-refractivity contribution in [2.75, 3.05) is 20.1 Å². The predicted octanol–water partition coefficient (Wildman–Crippen LogP) is 2.22. The van der Waals surface area contributed by atoms with Crippen LogP contribution in [-0.2, 0) is 6.54 Å². The molecular formula is C16H24N4. The zero-order valence-corrected chi connectivity index (χ0v) is 12.5. The Morgan fingerprint density at radius 2 is 2.20 bits per heavy atom. The Bertz CT molecular complexity index is 573. The van der Waals surface area contributed by atoms with Gasteiger partial charge in [0, 0.05) is 31.5 Å². The van der Waals surface area contributed by atoms with E-state index in [4.69, 9.17) is 4.98 Å². The van der Waals surface area contributed by atoms with Gasteiger partial charge in [0.2, 0.25) is 0 Å². The van der Waals surface area contributed by atoms with Crippen LogP contribution in [0.3, 0.4) is 0 Å². The molecule has 0 aromatic carbocycles. The molecule has 20 heavy (non-hydrogen) atoms. The van der Waals surface area contributed by atoms with Crippen LogP contribution in [0.25, 0.3) is 5.65 Å². The third kappa shape index (κ3) is 2.86. The molecule has 0 spiro atoms. The molecule has 2 aromatic heterocycles. The van der Waals surface area contributed by atoms with Gasteiger partial charge in [-0.3, -0.25) is 4.90 Å². The third-order valence-electron chi connectivity index (χ3n) is 4.20. The number of fused-ring (bicyclic) bond motifs is 1. The SMILES string of the molecule is CNCC1CCCCN1Cc1cn2cc(C)ccc2n1. The summed E-state index contributed by atoms with van der Waals surface area (Å²) in [5.41, 5.74) is 3.50. The maximum Gasteiger partial charge on any atom is 0.137 e. The standard InChI is InChI=1S/C16H24N4/c1-13-6-7-16-18-14(12-20(16)10-13)11-19-8-4-3-5-15(19)9-17-2/h6-7,10,12,15,17H,3-5,8-9,11H2,1-2H3. The van der Waals surface area contributed by atoms with Crippen LogP contribution in [0.4, 0.5) is 0 Å². The molecule has 0 aliphatic carbocycles. The van der Waals surface area contributed by atoms with Gasteiger partial charge in [-0.25, -0.2) is 4.98 Å². The third-order valence-corrected chi connectivity index (χ3v) is 4.20. The van der Waals surface area contributed by atoms with E-state index in [1.807, 2.05) is 7.05 Å². The molecule has 1 unspecified atom stereocenters. The fourth-order valence-corrected chi connectivity index (χ4v) is 3.17. The van der Waals surface area contributed by atoms with Gasteiger partial charge in [0.25, 0.3) is 0 Å². The van der Waals surface area contributed by atoms with E-state index in [0.29, 0.717) is 6.04 Å². The summed E-state index contributed by atoms with van der Waals surface area (Å²) in [4.78, 5) is 7.32.